The number of non-ortho nitro benzene ring substituents is 1. The van der Waals surface area contributed by atoms with Gasteiger partial charge in [-0.2, -0.15) is 0 Å². The van der Waals surface area contributed by atoms with Gasteiger partial charge in [-0.15, -0.1) is 0 Å². The molecule has 0 N–H and O–H groups in total. The van der Waals surface area contributed by atoms with Crippen LogP contribution in [0.3, 0.4) is 0 Å². The number of methoxy groups -OCH3 is 1. The molecular weight excluding hydrogens is 440 g/mol. The average molecular weight is 454 g/mol. The Balaban J connectivity index is 1.51. The van der Waals surface area contributed by atoms with E-state index in [-0.39, 0.29) is 28.7 Å². The molecule has 0 unspecified atom stereocenters. The molecule has 11 heteroatoms. The number of carbonyl (C=O) groups is 3. The van der Waals surface area contributed by atoms with E-state index in [1.807, 2.05) is 0 Å². The monoisotopic (exact) mass is 454 g/mol. The number of thioether (sulfide) groups is 1. The van der Waals surface area contributed by atoms with Gasteiger partial charge in [-0.1, -0.05) is 12.1 Å². The van der Waals surface area contributed by atoms with Crippen LogP contribution in [0.4, 0.5) is 10.5 Å². The van der Waals surface area contributed by atoms with Gasteiger partial charge in [0.1, 0.15) is 17.3 Å². The number of nitrogens with zero attached hydrogens (tertiary/aromatic N) is 2. The number of nitro groups is 1. The molecule has 1 aliphatic rings. The van der Waals surface area contributed by atoms with Gasteiger partial charge in [0.2, 0.25) is 5.76 Å². The van der Waals surface area contributed by atoms with Crippen LogP contribution in [0.25, 0.3) is 17.4 Å². The summed E-state index contributed by atoms with van der Waals surface area (Å²) in [7, 11) is 1.21. The number of imide groups is 1. The third-order valence-electron chi connectivity index (χ3n) is 4.48. The smallest absolute Gasteiger partial charge is 0.373 e. The molecule has 0 radical (unpaired) electrons. The first-order chi connectivity index (χ1) is 15.4. The highest BCUT2D eigenvalue weighted by Crippen LogP contribution is 2.34. The van der Waals surface area contributed by atoms with Crippen LogP contribution in [0, 0.1) is 10.1 Å². The third kappa shape index (κ3) is 4.18. The zero-order valence-electron chi connectivity index (χ0n) is 16.5. The topological polar surface area (TPSA) is 133 Å². The Kier molecular flexibility index (Phi) is 5.65. The second-order valence-electron chi connectivity index (χ2n) is 6.53. The fraction of sp³-hybridized carbons (Fsp3) is 0.0952. The van der Waals surface area contributed by atoms with Gasteiger partial charge in [-0.25, -0.2) is 4.79 Å². The fourth-order valence-electron chi connectivity index (χ4n) is 2.95. The van der Waals surface area contributed by atoms with Crippen molar-refractivity contribution in [3.8, 4) is 11.3 Å². The number of rotatable bonds is 6. The second-order valence-corrected chi connectivity index (χ2v) is 7.53. The minimum Gasteiger partial charge on any atom is -0.463 e. The molecule has 32 heavy (non-hydrogen) atoms. The number of furan rings is 2. The van der Waals surface area contributed by atoms with E-state index in [2.05, 4.69) is 4.74 Å². The first-order valence-electron chi connectivity index (χ1n) is 9.13. The van der Waals surface area contributed by atoms with Crippen LogP contribution < -0.4 is 0 Å². The largest absolute Gasteiger partial charge is 0.463 e. The quantitative estimate of drug-likeness (QED) is 0.229. The Morgan fingerprint density at radius 3 is 2.75 bits per heavy atom. The molecule has 3 aromatic rings. The SMILES string of the molecule is COC(=O)c1ccc(CN2C(=O)S/C(=C/c3ccc(-c4cccc([N+](=O)[O-])c4)o3)C2=O)o1. The molecule has 10 nitrogen and oxygen atoms in total. The highest BCUT2D eigenvalue weighted by atomic mass is 32.2. The molecule has 0 aliphatic carbocycles. The maximum atomic E-state index is 12.7. The zero-order valence-corrected chi connectivity index (χ0v) is 17.3. The van der Waals surface area contributed by atoms with Crippen molar-refractivity contribution in [2.24, 2.45) is 0 Å². The summed E-state index contributed by atoms with van der Waals surface area (Å²) < 4.78 is 15.6. The van der Waals surface area contributed by atoms with E-state index in [1.165, 1.54) is 37.5 Å². The maximum absolute atomic E-state index is 12.7. The number of hydrogen-bond acceptors (Lipinski definition) is 9. The van der Waals surface area contributed by atoms with E-state index in [0.29, 0.717) is 17.1 Å². The van der Waals surface area contributed by atoms with E-state index >= 15 is 0 Å². The van der Waals surface area contributed by atoms with E-state index in [1.54, 1.807) is 24.3 Å². The molecule has 1 aromatic carbocycles. The summed E-state index contributed by atoms with van der Waals surface area (Å²) in [6, 6.07) is 12.0. The number of nitro benzene ring substituents is 1. The van der Waals surface area contributed by atoms with Gasteiger partial charge in [-0.3, -0.25) is 24.6 Å². The summed E-state index contributed by atoms with van der Waals surface area (Å²) >= 11 is 0.741. The molecular formula is C21H14N2O8S. The van der Waals surface area contributed by atoms with E-state index in [9.17, 15) is 24.5 Å². The van der Waals surface area contributed by atoms with Crippen molar-refractivity contribution in [1.82, 2.24) is 4.90 Å². The van der Waals surface area contributed by atoms with Crippen LogP contribution in [0.2, 0.25) is 0 Å². The zero-order chi connectivity index (χ0) is 22.8. The number of hydrogen-bond donors (Lipinski definition) is 0. The molecule has 1 fully saturated rings. The Morgan fingerprint density at radius 1 is 1.19 bits per heavy atom. The van der Waals surface area contributed by atoms with E-state index in [4.69, 9.17) is 8.83 Å². The predicted molar refractivity (Wildman–Crippen MR) is 112 cm³/mol. The molecule has 0 atom stereocenters. The van der Waals surface area contributed by atoms with Gasteiger partial charge in [-0.05, 0) is 36.0 Å². The number of amides is 2. The lowest BCUT2D eigenvalue weighted by Gasteiger charge is -2.09. The maximum Gasteiger partial charge on any atom is 0.373 e. The second kappa shape index (κ2) is 8.55. The van der Waals surface area contributed by atoms with Crippen LogP contribution in [0.15, 0.2) is 62.3 Å². The normalized spacial score (nSPS) is 14.9. The molecule has 162 valence electrons. The first-order valence-corrected chi connectivity index (χ1v) is 9.94. The summed E-state index contributed by atoms with van der Waals surface area (Å²) in [5.41, 5.74) is 0.432. The highest BCUT2D eigenvalue weighted by Gasteiger charge is 2.36. The summed E-state index contributed by atoms with van der Waals surface area (Å²) in [6.07, 6.45) is 1.42. The van der Waals surface area contributed by atoms with Crippen molar-refractivity contribution in [3.63, 3.8) is 0 Å². The predicted octanol–water partition coefficient (Wildman–Crippen LogP) is 4.47. The van der Waals surface area contributed by atoms with Crippen molar-refractivity contribution >= 4 is 40.6 Å². The molecule has 1 saturated heterocycles. The van der Waals surface area contributed by atoms with Gasteiger partial charge in [0, 0.05) is 23.8 Å². The number of carbonyl (C=O) groups excluding carboxylic acids is 3. The summed E-state index contributed by atoms with van der Waals surface area (Å²) in [4.78, 5) is 48.1. The average Bonchev–Trinajstić information content (AvgIpc) is 3.50. The van der Waals surface area contributed by atoms with Crippen LogP contribution in [-0.2, 0) is 16.1 Å². The lowest BCUT2D eigenvalue weighted by Crippen LogP contribution is -2.27. The first kappa shape index (κ1) is 21.1. The molecule has 1 aliphatic heterocycles. The minimum absolute atomic E-state index is 0.0331. The fourth-order valence-corrected chi connectivity index (χ4v) is 3.77. The van der Waals surface area contributed by atoms with Crippen molar-refractivity contribution in [3.05, 3.63) is 80.8 Å². The van der Waals surface area contributed by atoms with Crippen LogP contribution >= 0.6 is 11.8 Å². The highest BCUT2D eigenvalue weighted by molar-refractivity contribution is 8.18. The van der Waals surface area contributed by atoms with Crippen molar-refractivity contribution < 1.29 is 32.9 Å². The Bertz CT molecular complexity index is 1270. The molecule has 0 saturated carbocycles. The third-order valence-corrected chi connectivity index (χ3v) is 5.38. The number of benzene rings is 1. The standard InChI is InChI=1S/C21H14N2O8S/c1-29-20(25)17-8-6-15(31-17)11-22-19(24)18(32-21(22)26)10-14-5-7-16(30-14)12-3-2-4-13(9-12)23(27)28/h2-10H,11H2,1H3/b18-10+. The van der Waals surface area contributed by atoms with Crippen LogP contribution in [-0.4, -0.2) is 34.0 Å². The van der Waals surface area contributed by atoms with E-state index < -0.39 is 22.0 Å². The Morgan fingerprint density at radius 2 is 2.00 bits per heavy atom. The molecule has 3 heterocycles. The van der Waals surface area contributed by atoms with Crippen molar-refractivity contribution in [1.29, 1.82) is 0 Å². The van der Waals surface area contributed by atoms with Gasteiger partial charge >= 0.3 is 5.97 Å². The molecule has 0 spiro atoms. The summed E-state index contributed by atoms with van der Waals surface area (Å²) in [6.45, 7) is -0.143. The lowest BCUT2D eigenvalue weighted by molar-refractivity contribution is -0.384. The Hall–Kier alpha value is -4.12. The van der Waals surface area contributed by atoms with Gasteiger partial charge < -0.3 is 13.6 Å². The lowest BCUT2D eigenvalue weighted by atomic mass is 10.1. The molecule has 2 aromatic heterocycles. The number of esters is 1. The van der Waals surface area contributed by atoms with Crippen molar-refractivity contribution in [2.45, 2.75) is 6.54 Å². The Labute approximate surface area is 184 Å². The number of ether oxygens (including phenoxy) is 1. The van der Waals surface area contributed by atoms with Gasteiger partial charge in [0.05, 0.1) is 23.5 Å². The molecule has 2 amide bonds. The van der Waals surface area contributed by atoms with Crippen molar-refractivity contribution in [2.75, 3.05) is 7.11 Å². The minimum atomic E-state index is -0.664. The summed E-state index contributed by atoms with van der Waals surface area (Å²) in [5.74, 6) is -0.297. The van der Waals surface area contributed by atoms with Gasteiger partial charge in [0.25, 0.3) is 16.8 Å². The van der Waals surface area contributed by atoms with Gasteiger partial charge in [0.15, 0.2) is 0 Å². The molecule has 4 rings (SSSR count). The van der Waals surface area contributed by atoms with E-state index in [0.717, 1.165) is 16.7 Å². The van der Waals surface area contributed by atoms with Crippen LogP contribution in [0.5, 0.6) is 0 Å². The van der Waals surface area contributed by atoms with Crippen LogP contribution in [0.1, 0.15) is 22.1 Å². The summed E-state index contributed by atoms with van der Waals surface area (Å²) in [5, 5.41) is 10.5. The molecule has 0 bridgehead atoms.